The van der Waals surface area contributed by atoms with E-state index < -0.39 is 0 Å². The highest BCUT2D eigenvalue weighted by Gasteiger charge is 2.36. The van der Waals surface area contributed by atoms with Crippen molar-refractivity contribution in [3.8, 4) is 0 Å². The van der Waals surface area contributed by atoms with Gasteiger partial charge in [0.1, 0.15) is 0 Å². The van der Waals surface area contributed by atoms with Gasteiger partial charge >= 0.3 is 0 Å². The largest absolute Gasteiger partial charge is 0.296 e. The Hall–Kier alpha value is -2.38. The van der Waals surface area contributed by atoms with Gasteiger partial charge < -0.3 is 0 Å². The molecule has 0 saturated heterocycles. The van der Waals surface area contributed by atoms with Crippen molar-refractivity contribution in [1.82, 2.24) is 4.90 Å². The van der Waals surface area contributed by atoms with Crippen molar-refractivity contribution in [2.45, 2.75) is 25.3 Å². The second kappa shape index (κ2) is 7.67. The van der Waals surface area contributed by atoms with E-state index in [1.807, 2.05) is 6.07 Å². The quantitative estimate of drug-likeness (QED) is 0.598. The van der Waals surface area contributed by atoms with Crippen molar-refractivity contribution >= 4 is 0 Å². The Morgan fingerprint density at radius 1 is 0.840 bits per heavy atom. The molecule has 3 rings (SSSR count). The van der Waals surface area contributed by atoms with Gasteiger partial charge in [-0.25, -0.2) is 0 Å². The molecule has 0 fully saturated rings. The Balaban J connectivity index is 2.06. The molecule has 0 aliphatic heterocycles. The van der Waals surface area contributed by atoms with Crippen LogP contribution in [0.2, 0.25) is 0 Å². The van der Waals surface area contributed by atoms with Crippen LogP contribution >= 0.6 is 0 Å². The average Bonchev–Trinajstić information content (AvgIpc) is 2.65. The van der Waals surface area contributed by atoms with Gasteiger partial charge in [0.05, 0.1) is 5.54 Å². The molecule has 1 heteroatoms. The average molecular weight is 328 g/mol. The Morgan fingerprint density at radius 2 is 1.40 bits per heavy atom. The normalized spacial score (nSPS) is 11.7. The van der Waals surface area contributed by atoms with Crippen LogP contribution in [0.25, 0.3) is 0 Å². The van der Waals surface area contributed by atoms with E-state index in [1.54, 1.807) is 0 Å². The first-order valence-electron chi connectivity index (χ1n) is 8.88. The summed E-state index contributed by atoms with van der Waals surface area (Å²) in [6.45, 7) is 2.17. The zero-order chi connectivity index (χ0) is 17.7. The lowest BCUT2D eigenvalue weighted by Gasteiger charge is -2.41. The molecule has 0 saturated carbocycles. The van der Waals surface area contributed by atoms with Gasteiger partial charge in [-0.1, -0.05) is 78.9 Å². The van der Waals surface area contributed by atoms with E-state index in [9.17, 15) is 0 Å². The van der Waals surface area contributed by atoms with Gasteiger partial charge in [0, 0.05) is 0 Å². The molecule has 0 aromatic heterocycles. The van der Waals surface area contributed by atoms with Crippen LogP contribution in [0.5, 0.6) is 0 Å². The maximum Gasteiger partial charge on any atom is 0.0713 e. The smallest absolute Gasteiger partial charge is 0.0713 e. The standard InChI is InChI=1S/C24H26N/c1-20-12-10-11-13-21(20)18-19-24(25(2)3,22-14-6-4-7-15-22)23-16-8-5-9-17-23/h4-9,11-17H,18-19H2,1-3H3. The van der Waals surface area contributed by atoms with Crippen molar-refractivity contribution in [2.24, 2.45) is 0 Å². The van der Waals surface area contributed by atoms with Gasteiger partial charge in [-0.15, -0.1) is 0 Å². The minimum atomic E-state index is -0.144. The summed E-state index contributed by atoms with van der Waals surface area (Å²) in [6.07, 6.45) is 2.06. The SMILES string of the molecule is Cc1c[c]ccc1CCC(c1ccccc1)(c1ccccc1)N(C)C. The van der Waals surface area contributed by atoms with Crippen molar-refractivity contribution in [1.29, 1.82) is 0 Å². The van der Waals surface area contributed by atoms with E-state index in [-0.39, 0.29) is 5.54 Å². The van der Waals surface area contributed by atoms with Crippen LogP contribution in [0, 0.1) is 13.0 Å². The lowest BCUT2D eigenvalue weighted by atomic mass is 9.77. The molecule has 3 aromatic carbocycles. The summed E-state index contributed by atoms with van der Waals surface area (Å²) in [6, 6.07) is 31.2. The van der Waals surface area contributed by atoms with Crippen molar-refractivity contribution in [3.63, 3.8) is 0 Å². The van der Waals surface area contributed by atoms with Gasteiger partial charge in [0.2, 0.25) is 0 Å². The Morgan fingerprint density at radius 3 is 1.88 bits per heavy atom. The van der Waals surface area contributed by atoms with Gasteiger partial charge in [0.15, 0.2) is 0 Å². The summed E-state index contributed by atoms with van der Waals surface area (Å²) in [5.41, 5.74) is 5.25. The van der Waals surface area contributed by atoms with Crippen molar-refractivity contribution in [2.75, 3.05) is 14.1 Å². The molecule has 0 amide bonds. The zero-order valence-electron chi connectivity index (χ0n) is 15.4. The summed E-state index contributed by atoms with van der Waals surface area (Å²) in [5.74, 6) is 0. The number of nitrogens with zero attached hydrogens (tertiary/aromatic N) is 1. The summed E-state index contributed by atoms with van der Waals surface area (Å²) < 4.78 is 0. The fraction of sp³-hybridized carbons (Fsp3) is 0.250. The van der Waals surface area contributed by atoms with Crippen LogP contribution in [0.4, 0.5) is 0 Å². The number of aryl methyl sites for hydroxylation is 2. The summed E-state index contributed by atoms with van der Waals surface area (Å²) in [7, 11) is 4.37. The van der Waals surface area contributed by atoms with Crippen LogP contribution in [-0.2, 0) is 12.0 Å². The first kappa shape index (κ1) is 17.4. The molecule has 0 N–H and O–H groups in total. The molecular weight excluding hydrogens is 302 g/mol. The fourth-order valence-corrected chi connectivity index (χ4v) is 3.77. The second-order valence-electron chi connectivity index (χ2n) is 6.84. The maximum atomic E-state index is 3.17. The highest BCUT2D eigenvalue weighted by molar-refractivity contribution is 5.39. The highest BCUT2D eigenvalue weighted by Crippen LogP contribution is 2.38. The molecule has 0 heterocycles. The van der Waals surface area contributed by atoms with Crippen LogP contribution in [0.15, 0.2) is 78.9 Å². The topological polar surface area (TPSA) is 3.24 Å². The molecule has 127 valence electrons. The first-order valence-corrected chi connectivity index (χ1v) is 8.88. The number of rotatable bonds is 6. The molecule has 1 radical (unpaired) electrons. The van der Waals surface area contributed by atoms with Crippen LogP contribution in [0.3, 0.4) is 0 Å². The van der Waals surface area contributed by atoms with Crippen molar-refractivity contribution < 1.29 is 0 Å². The summed E-state index contributed by atoms with van der Waals surface area (Å²) in [5, 5.41) is 0. The minimum absolute atomic E-state index is 0.144. The Bertz CT molecular complexity index is 751. The minimum Gasteiger partial charge on any atom is -0.296 e. The summed E-state index contributed by atoms with van der Waals surface area (Å²) in [4.78, 5) is 2.36. The zero-order valence-corrected chi connectivity index (χ0v) is 15.4. The van der Waals surface area contributed by atoms with E-state index in [2.05, 4.69) is 105 Å². The third-order valence-corrected chi connectivity index (χ3v) is 5.21. The van der Waals surface area contributed by atoms with Crippen LogP contribution in [0.1, 0.15) is 28.7 Å². The van der Waals surface area contributed by atoms with E-state index >= 15 is 0 Å². The molecule has 0 aliphatic rings. The number of benzene rings is 3. The lowest BCUT2D eigenvalue weighted by Crippen LogP contribution is -2.43. The van der Waals surface area contributed by atoms with E-state index in [1.165, 1.54) is 22.3 Å². The highest BCUT2D eigenvalue weighted by atomic mass is 15.1. The molecule has 0 aliphatic carbocycles. The fourth-order valence-electron chi connectivity index (χ4n) is 3.77. The van der Waals surface area contributed by atoms with Crippen LogP contribution in [-0.4, -0.2) is 19.0 Å². The predicted octanol–water partition coefficient (Wildman–Crippen LogP) is 5.23. The Labute approximate surface area is 151 Å². The molecular formula is C24H26N. The van der Waals surface area contributed by atoms with Crippen LogP contribution < -0.4 is 0 Å². The first-order chi connectivity index (χ1) is 12.1. The van der Waals surface area contributed by atoms with E-state index in [0.29, 0.717) is 0 Å². The van der Waals surface area contributed by atoms with E-state index in [0.717, 1.165) is 12.8 Å². The Kier molecular flexibility index (Phi) is 5.35. The molecule has 3 aromatic rings. The van der Waals surface area contributed by atoms with E-state index in [4.69, 9.17) is 0 Å². The summed E-state index contributed by atoms with van der Waals surface area (Å²) >= 11 is 0. The molecule has 1 nitrogen and oxygen atoms in total. The van der Waals surface area contributed by atoms with Gasteiger partial charge in [0.25, 0.3) is 0 Å². The molecule has 0 atom stereocenters. The molecule has 0 bridgehead atoms. The second-order valence-corrected chi connectivity index (χ2v) is 6.84. The molecule has 0 spiro atoms. The molecule has 25 heavy (non-hydrogen) atoms. The predicted molar refractivity (Wildman–Crippen MR) is 106 cm³/mol. The van der Waals surface area contributed by atoms with Gasteiger partial charge in [-0.2, -0.15) is 0 Å². The number of hydrogen-bond donors (Lipinski definition) is 0. The maximum absolute atomic E-state index is 3.17. The third-order valence-electron chi connectivity index (χ3n) is 5.21. The lowest BCUT2D eigenvalue weighted by molar-refractivity contribution is 0.185. The third kappa shape index (κ3) is 3.52. The van der Waals surface area contributed by atoms with Crippen molar-refractivity contribution in [3.05, 3.63) is 107 Å². The van der Waals surface area contributed by atoms with Gasteiger partial charge in [-0.3, -0.25) is 4.90 Å². The molecule has 0 unspecified atom stereocenters. The van der Waals surface area contributed by atoms with Gasteiger partial charge in [-0.05, 0) is 62.2 Å². The number of hydrogen-bond acceptors (Lipinski definition) is 1. The monoisotopic (exact) mass is 328 g/mol.